The van der Waals surface area contributed by atoms with E-state index in [1.165, 1.54) is 11.3 Å². The largest absolute Gasteiger partial charge is 0.491 e. The van der Waals surface area contributed by atoms with Crippen LogP contribution >= 0.6 is 0 Å². The van der Waals surface area contributed by atoms with Gasteiger partial charge < -0.3 is 10.1 Å². The van der Waals surface area contributed by atoms with Gasteiger partial charge in [-0.15, -0.1) is 0 Å². The van der Waals surface area contributed by atoms with Crippen molar-refractivity contribution in [3.8, 4) is 5.75 Å². The van der Waals surface area contributed by atoms with Crippen LogP contribution in [0.4, 0.5) is 0 Å². The Morgan fingerprint density at radius 2 is 1.67 bits per heavy atom. The van der Waals surface area contributed by atoms with Crippen LogP contribution in [0.5, 0.6) is 5.75 Å². The van der Waals surface area contributed by atoms with Gasteiger partial charge in [0, 0.05) is 25.3 Å². The molecule has 2 rings (SSSR count). The predicted molar refractivity (Wildman–Crippen MR) is 85.4 cm³/mol. The van der Waals surface area contributed by atoms with Crippen LogP contribution in [0.15, 0.2) is 36.5 Å². The highest BCUT2D eigenvalue weighted by Gasteiger charge is 2.13. The molecule has 0 amide bonds. The molecule has 114 valence electrons. The van der Waals surface area contributed by atoms with Crippen LogP contribution in [0, 0.1) is 0 Å². The number of ether oxygens (including phenoxy) is 1. The minimum absolute atomic E-state index is 0.205. The summed E-state index contributed by atoms with van der Waals surface area (Å²) in [5.74, 6) is 0.917. The molecule has 4 nitrogen and oxygen atoms in total. The van der Waals surface area contributed by atoms with Gasteiger partial charge in [-0.1, -0.05) is 12.1 Å². The number of nitrogens with one attached hydrogen (secondary N) is 1. The molecular weight excluding hydrogens is 262 g/mol. The minimum atomic E-state index is 0.205. The molecule has 1 aromatic carbocycles. The summed E-state index contributed by atoms with van der Waals surface area (Å²) in [7, 11) is 1.97. The van der Waals surface area contributed by atoms with E-state index in [4.69, 9.17) is 4.74 Å². The molecule has 0 fully saturated rings. The van der Waals surface area contributed by atoms with Gasteiger partial charge in [0.1, 0.15) is 5.75 Å². The molecule has 0 aliphatic carbocycles. The number of benzene rings is 1. The van der Waals surface area contributed by atoms with Crippen LogP contribution in [-0.4, -0.2) is 15.9 Å². The molecule has 0 spiro atoms. The second-order valence-corrected chi connectivity index (χ2v) is 5.73. The molecule has 1 heterocycles. The first-order valence-corrected chi connectivity index (χ1v) is 7.48. The maximum absolute atomic E-state index is 5.67. The summed E-state index contributed by atoms with van der Waals surface area (Å²) in [5, 5.41) is 7.81. The van der Waals surface area contributed by atoms with Crippen molar-refractivity contribution in [2.45, 2.75) is 45.9 Å². The van der Waals surface area contributed by atoms with E-state index in [-0.39, 0.29) is 18.2 Å². The minimum Gasteiger partial charge on any atom is -0.491 e. The first-order chi connectivity index (χ1) is 9.97. The van der Waals surface area contributed by atoms with E-state index in [0.717, 1.165) is 5.75 Å². The topological polar surface area (TPSA) is 39.1 Å². The first kappa shape index (κ1) is 15.6. The monoisotopic (exact) mass is 287 g/mol. The zero-order valence-electron chi connectivity index (χ0n) is 13.5. The second kappa shape index (κ2) is 6.76. The lowest BCUT2D eigenvalue weighted by Gasteiger charge is -2.21. The van der Waals surface area contributed by atoms with Crippen molar-refractivity contribution in [2.75, 3.05) is 0 Å². The van der Waals surface area contributed by atoms with Crippen molar-refractivity contribution in [1.82, 2.24) is 15.1 Å². The number of nitrogens with zero attached hydrogens (tertiary/aromatic N) is 2. The lowest BCUT2D eigenvalue weighted by molar-refractivity contribution is 0.242. The lowest BCUT2D eigenvalue weighted by atomic mass is 10.1. The molecule has 2 atom stereocenters. The van der Waals surface area contributed by atoms with Crippen LogP contribution in [0.3, 0.4) is 0 Å². The van der Waals surface area contributed by atoms with Crippen molar-refractivity contribution >= 4 is 0 Å². The fourth-order valence-corrected chi connectivity index (χ4v) is 2.47. The van der Waals surface area contributed by atoms with E-state index in [1.807, 2.05) is 50.0 Å². The van der Waals surface area contributed by atoms with E-state index in [9.17, 15) is 0 Å². The predicted octanol–water partition coefficient (Wildman–Crippen LogP) is 3.62. The fraction of sp³-hybridized carbons (Fsp3) is 0.471. The Kier molecular flexibility index (Phi) is 5.02. The van der Waals surface area contributed by atoms with Gasteiger partial charge >= 0.3 is 0 Å². The molecule has 0 saturated heterocycles. The third kappa shape index (κ3) is 4.08. The number of aromatic nitrogens is 2. The van der Waals surface area contributed by atoms with Crippen LogP contribution in [0.1, 0.15) is 51.0 Å². The highest BCUT2D eigenvalue weighted by molar-refractivity contribution is 5.29. The van der Waals surface area contributed by atoms with Gasteiger partial charge in [0.15, 0.2) is 0 Å². The van der Waals surface area contributed by atoms with Gasteiger partial charge in [0.2, 0.25) is 0 Å². The third-order valence-electron chi connectivity index (χ3n) is 3.55. The summed E-state index contributed by atoms with van der Waals surface area (Å²) in [5.41, 5.74) is 2.43. The summed E-state index contributed by atoms with van der Waals surface area (Å²) in [6, 6.07) is 10.9. The summed E-state index contributed by atoms with van der Waals surface area (Å²) >= 11 is 0. The Hall–Kier alpha value is -1.81. The molecule has 1 N–H and O–H groups in total. The molecule has 0 aliphatic rings. The summed E-state index contributed by atoms with van der Waals surface area (Å²) in [4.78, 5) is 0. The standard InChI is InChI=1S/C17H25N3O/c1-12(2)21-16-8-6-15(7-9-16)13(3)19-14(4)17-10-11-18-20(17)5/h6-14,19H,1-5H3. The lowest BCUT2D eigenvalue weighted by Crippen LogP contribution is -2.24. The molecule has 0 aliphatic heterocycles. The molecule has 2 aromatic rings. The summed E-state index contributed by atoms with van der Waals surface area (Å²) in [6.45, 7) is 8.40. The van der Waals surface area contributed by atoms with Crippen LogP contribution in [0.25, 0.3) is 0 Å². The number of hydrogen-bond acceptors (Lipinski definition) is 3. The maximum Gasteiger partial charge on any atom is 0.119 e. The van der Waals surface area contributed by atoms with Crippen LogP contribution in [-0.2, 0) is 7.05 Å². The molecule has 0 bridgehead atoms. The van der Waals surface area contributed by atoms with E-state index in [2.05, 4.69) is 36.4 Å². The van der Waals surface area contributed by atoms with Gasteiger partial charge in [-0.25, -0.2) is 0 Å². The average molecular weight is 287 g/mol. The summed E-state index contributed by atoms with van der Waals surface area (Å²) in [6.07, 6.45) is 2.03. The number of aryl methyl sites for hydroxylation is 1. The van der Waals surface area contributed by atoms with Crippen LogP contribution in [0.2, 0.25) is 0 Å². The Bertz CT molecular complexity index is 560. The number of hydrogen-bond donors (Lipinski definition) is 1. The van der Waals surface area contributed by atoms with Gasteiger partial charge in [0.25, 0.3) is 0 Å². The summed E-state index contributed by atoms with van der Waals surface area (Å²) < 4.78 is 7.58. The molecule has 2 unspecified atom stereocenters. The molecule has 0 saturated carbocycles. The average Bonchev–Trinajstić information content (AvgIpc) is 2.85. The van der Waals surface area contributed by atoms with E-state index in [0.29, 0.717) is 0 Å². The number of rotatable bonds is 6. The normalized spacial score (nSPS) is 14.2. The fourth-order valence-electron chi connectivity index (χ4n) is 2.47. The SMILES string of the molecule is CC(C)Oc1ccc(C(C)NC(C)c2ccnn2C)cc1. The zero-order valence-corrected chi connectivity index (χ0v) is 13.5. The highest BCUT2D eigenvalue weighted by Crippen LogP contribution is 2.21. The third-order valence-corrected chi connectivity index (χ3v) is 3.55. The first-order valence-electron chi connectivity index (χ1n) is 7.48. The van der Waals surface area contributed by atoms with Crippen molar-refractivity contribution in [3.63, 3.8) is 0 Å². The van der Waals surface area contributed by atoms with Crippen molar-refractivity contribution in [2.24, 2.45) is 7.05 Å². The quantitative estimate of drug-likeness (QED) is 0.882. The molecule has 0 radical (unpaired) electrons. The van der Waals surface area contributed by atoms with Gasteiger partial charge in [-0.05, 0) is 51.5 Å². The highest BCUT2D eigenvalue weighted by atomic mass is 16.5. The molecular formula is C17H25N3O. The Morgan fingerprint density at radius 3 is 2.19 bits per heavy atom. The van der Waals surface area contributed by atoms with Crippen LogP contribution < -0.4 is 10.1 Å². The van der Waals surface area contributed by atoms with E-state index >= 15 is 0 Å². The zero-order chi connectivity index (χ0) is 15.4. The Balaban J connectivity index is 2.00. The van der Waals surface area contributed by atoms with Gasteiger partial charge in [-0.3, -0.25) is 4.68 Å². The van der Waals surface area contributed by atoms with E-state index < -0.39 is 0 Å². The van der Waals surface area contributed by atoms with E-state index in [1.54, 1.807) is 0 Å². The Labute approximate surface area is 127 Å². The molecule has 1 aromatic heterocycles. The van der Waals surface area contributed by atoms with Crippen molar-refractivity contribution in [1.29, 1.82) is 0 Å². The molecule has 21 heavy (non-hydrogen) atoms. The smallest absolute Gasteiger partial charge is 0.119 e. The van der Waals surface area contributed by atoms with Gasteiger partial charge in [0.05, 0.1) is 11.8 Å². The van der Waals surface area contributed by atoms with Gasteiger partial charge in [-0.2, -0.15) is 5.10 Å². The van der Waals surface area contributed by atoms with Crippen molar-refractivity contribution < 1.29 is 4.74 Å². The Morgan fingerprint density at radius 1 is 1.00 bits per heavy atom. The molecule has 4 heteroatoms. The second-order valence-electron chi connectivity index (χ2n) is 5.73. The van der Waals surface area contributed by atoms with Crippen molar-refractivity contribution in [3.05, 3.63) is 47.8 Å². The maximum atomic E-state index is 5.67.